The predicted molar refractivity (Wildman–Crippen MR) is 191 cm³/mol. The topological polar surface area (TPSA) is 88.1 Å². The molecule has 2 amide bonds. The number of halogens is 6. The van der Waals surface area contributed by atoms with Gasteiger partial charge in [-0.1, -0.05) is 75.6 Å². The second kappa shape index (κ2) is 20.1. The summed E-state index contributed by atoms with van der Waals surface area (Å²) in [5, 5.41) is 13.3. The number of imide groups is 1. The Labute approximate surface area is 303 Å². The summed E-state index contributed by atoms with van der Waals surface area (Å²) in [5.41, 5.74) is -7.07. The third kappa shape index (κ3) is 11.5. The van der Waals surface area contributed by atoms with Crippen LogP contribution in [0, 0.1) is 5.92 Å². The lowest BCUT2D eigenvalue weighted by Gasteiger charge is -2.33. The monoisotopic (exact) mass is 744 g/mol. The van der Waals surface area contributed by atoms with Crippen LogP contribution in [0.25, 0.3) is 6.08 Å². The van der Waals surface area contributed by atoms with Crippen LogP contribution in [0.4, 0.5) is 26.3 Å². The number of unbranched alkanes of at least 4 members (excludes halogenated alkanes) is 1. The normalized spacial score (nSPS) is 16.4. The quantitative estimate of drug-likeness (QED) is 0.0601. The number of carbonyl (C=O) groups is 2. The molecule has 0 bridgehead atoms. The van der Waals surface area contributed by atoms with E-state index in [1.807, 2.05) is 13.8 Å². The highest BCUT2D eigenvalue weighted by Crippen LogP contribution is 2.51. The molecular weight excluding hydrogens is 690 g/mol. The van der Waals surface area contributed by atoms with Crippen molar-refractivity contribution < 1.29 is 50.5 Å². The van der Waals surface area contributed by atoms with E-state index in [1.165, 1.54) is 12.2 Å². The molecule has 0 aliphatic heterocycles. The number of nitrogens with zero attached hydrogens (tertiary/aromatic N) is 1. The molecule has 2 rings (SSSR count). The van der Waals surface area contributed by atoms with Gasteiger partial charge in [-0.3, -0.25) is 14.5 Å². The summed E-state index contributed by atoms with van der Waals surface area (Å²) in [6.07, 6.45) is 4.03. The molecule has 13 heteroatoms. The van der Waals surface area contributed by atoms with Crippen molar-refractivity contribution in [2.75, 3.05) is 26.8 Å². The van der Waals surface area contributed by atoms with E-state index in [2.05, 4.69) is 11.9 Å². The fourth-order valence-electron chi connectivity index (χ4n) is 6.09. The van der Waals surface area contributed by atoms with E-state index in [4.69, 9.17) is 9.47 Å². The van der Waals surface area contributed by atoms with Crippen molar-refractivity contribution in [3.8, 4) is 5.75 Å². The second-order valence-corrected chi connectivity index (χ2v) is 13.4. The number of allylic oxidation sites excluding steroid dienone is 3. The number of hydrogen-bond donors (Lipinski definition) is 2. The van der Waals surface area contributed by atoms with Crippen LogP contribution in [0.15, 0.2) is 54.7 Å². The van der Waals surface area contributed by atoms with Gasteiger partial charge >= 0.3 is 12.4 Å². The summed E-state index contributed by atoms with van der Waals surface area (Å²) in [4.78, 5) is 26.8. The zero-order chi connectivity index (χ0) is 39.2. The fourth-order valence-corrected chi connectivity index (χ4v) is 6.09. The highest BCUT2D eigenvalue weighted by molar-refractivity contribution is 5.96. The Bertz CT molecular complexity index is 1400. The molecule has 292 valence electrons. The first-order valence-electron chi connectivity index (χ1n) is 17.8. The number of rotatable bonds is 20. The van der Waals surface area contributed by atoms with Crippen molar-refractivity contribution in [3.63, 3.8) is 0 Å². The lowest BCUT2D eigenvalue weighted by molar-refractivity contribution is -0.376. The van der Waals surface area contributed by atoms with Gasteiger partial charge in [0.25, 0.3) is 11.5 Å². The molecule has 1 atom stereocenters. The summed E-state index contributed by atoms with van der Waals surface area (Å²) >= 11 is 0. The average Bonchev–Trinajstić information content (AvgIpc) is 3.09. The van der Waals surface area contributed by atoms with Crippen LogP contribution in [0.3, 0.4) is 0 Å². The minimum absolute atomic E-state index is 0.00122. The molecular formula is C39H54F6N2O5. The van der Waals surface area contributed by atoms with Crippen molar-refractivity contribution in [2.45, 2.75) is 115 Å². The van der Waals surface area contributed by atoms with Gasteiger partial charge in [0.05, 0.1) is 19.3 Å². The van der Waals surface area contributed by atoms with Gasteiger partial charge in [-0.25, -0.2) is 0 Å². The van der Waals surface area contributed by atoms with Gasteiger partial charge in [-0.2, -0.15) is 26.3 Å². The van der Waals surface area contributed by atoms with Crippen LogP contribution in [-0.2, 0) is 26.3 Å². The number of aliphatic hydroxyl groups is 1. The number of nitrogens with one attached hydrogen (secondary N) is 1. The Balaban J connectivity index is 2.35. The highest BCUT2D eigenvalue weighted by atomic mass is 19.4. The third-order valence-electron chi connectivity index (χ3n) is 9.20. The molecule has 2 N–H and O–H groups in total. The maximum atomic E-state index is 13.9. The Morgan fingerprint density at radius 2 is 1.75 bits per heavy atom. The van der Waals surface area contributed by atoms with Crippen molar-refractivity contribution in [3.05, 3.63) is 71.4 Å². The van der Waals surface area contributed by atoms with Crippen LogP contribution in [0.5, 0.6) is 5.75 Å². The molecule has 0 aromatic heterocycles. The SMILES string of the molecule is C=C/C=C(\C=C/COC(C)C)C(C)(NC)C(=O)N(C=O)CCCCOc1c(/C=C/C2CCCCC2)cc(C(O)(C(F)(F)F)C(F)(F)F)cc1CCC. The van der Waals surface area contributed by atoms with Gasteiger partial charge in [0.1, 0.15) is 11.3 Å². The van der Waals surface area contributed by atoms with Crippen LogP contribution in [-0.4, -0.2) is 73.1 Å². The minimum atomic E-state index is -6.03. The molecule has 0 radical (unpaired) electrons. The Kier molecular flexibility index (Phi) is 17.3. The van der Waals surface area contributed by atoms with E-state index in [9.17, 15) is 41.0 Å². The standard InChI is InChI=1S/C39H54F6N2O5/c1-7-15-30-25-33(37(50,38(40,41)42)39(43,44)45)26-31(21-20-29-17-10-9-11-18-29)34(30)52-23-13-12-22-47(27-48)35(49)36(5,46-6)32(16-8-2)19-14-24-51-28(3)4/h8,14,16,19-21,25-29,46,50H,2,7,9-13,15,17-18,22-24H2,1,3-6H3/b19-14-,21-20+,32-16+. The van der Waals surface area contributed by atoms with Crippen molar-refractivity contribution >= 4 is 18.4 Å². The van der Waals surface area contributed by atoms with E-state index in [0.29, 0.717) is 43.9 Å². The summed E-state index contributed by atoms with van der Waals surface area (Å²) in [6, 6.07) is 1.43. The molecule has 1 fully saturated rings. The van der Waals surface area contributed by atoms with Gasteiger partial charge < -0.3 is 19.9 Å². The van der Waals surface area contributed by atoms with Crippen molar-refractivity contribution in [2.24, 2.45) is 5.92 Å². The second-order valence-electron chi connectivity index (χ2n) is 13.4. The zero-order valence-electron chi connectivity index (χ0n) is 30.8. The largest absolute Gasteiger partial charge is 0.493 e. The van der Waals surface area contributed by atoms with E-state index in [0.717, 1.165) is 43.1 Å². The van der Waals surface area contributed by atoms with Crippen LogP contribution in [0.2, 0.25) is 0 Å². The molecule has 1 aliphatic carbocycles. The molecule has 1 unspecified atom stereocenters. The lowest BCUT2D eigenvalue weighted by Crippen LogP contribution is -2.55. The van der Waals surface area contributed by atoms with Crippen LogP contribution >= 0.6 is 0 Å². The highest BCUT2D eigenvalue weighted by Gasteiger charge is 2.71. The van der Waals surface area contributed by atoms with Gasteiger partial charge in [-0.05, 0) is 89.1 Å². The smallest absolute Gasteiger partial charge is 0.430 e. The maximum absolute atomic E-state index is 13.9. The lowest BCUT2D eigenvalue weighted by atomic mass is 9.86. The van der Waals surface area contributed by atoms with Crippen molar-refractivity contribution in [1.29, 1.82) is 0 Å². The summed E-state index contributed by atoms with van der Waals surface area (Å²) in [7, 11) is 1.59. The molecule has 0 heterocycles. The number of carbonyl (C=O) groups excluding carboxylic acids is 2. The van der Waals surface area contributed by atoms with Crippen LogP contribution < -0.4 is 10.1 Å². The van der Waals surface area contributed by atoms with E-state index >= 15 is 0 Å². The molecule has 0 saturated heterocycles. The molecule has 52 heavy (non-hydrogen) atoms. The van der Waals surface area contributed by atoms with Gasteiger partial charge in [-0.15, -0.1) is 0 Å². The van der Waals surface area contributed by atoms with Gasteiger partial charge in [0.2, 0.25) is 6.41 Å². The fraction of sp³-hybridized carbons (Fsp3) is 0.590. The summed E-state index contributed by atoms with van der Waals surface area (Å²) < 4.78 is 95.2. The number of aryl methyl sites for hydroxylation is 1. The number of likely N-dealkylation sites (N-methyl/N-ethyl adjacent to an activating group) is 1. The Morgan fingerprint density at radius 1 is 1.10 bits per heavy atom. The number of alkyl halides is 6. The number of benzene rings is 1. The minimum Gasteiger partial charge on any atom is -0.493 e. The zero-order valence-corrected chi connectivity index (χ0v) is 30.8. The third-order valence-corrected chi connectivity index (χ3v) is 9.20. The van der Waals surface area contributed by atoms with Crippen molar-refractivity contribution in [1.82, 2.24) is 10.2 Å². The molecule has 0 spiro atoms. The molecule has 1 aromatic rings. The van der Waals surface area contributed by atoms with Gasteiger partial charge in [0, 0.05) is 17.7 Å². The summed E-state index contributed by atoms with van der Waals surface area (Å²) in [5.74, 6) is -0.293. The molecule has 1 aromatic carbocycles. The molecule has 1 saturated carbocycles. The average molecular weight is 745 g/mol. The van der Waals surface area contributed by atoms with Gasteiger partial charge in [0.15, 0.2) is 0 Å². The molecule has 1 aliphatic rings. The first kappa shape index (κ1) is 44.7. The first-order chi connectivity index (χ1) is 24.4. The predicted octanol–water partition coefficient (Wildman–Crippen LogP) is 8.76. The molecule has 7 nitrogen and oxygen atoms in total. The first-order valence-corrected chi connectivity index (χ1v) is 17.8. The Hall–Kier alpha value is -3.42. The van der Waals surface area contributed by atoms with E-state index < -0.39 is 35.0 Å². The number of hydrogen-bond acceptors (Lipinski definition) is 6. The Morgan fingerprint density at radius 3 is 2.29 bits per heavy atom. The van der Waals surface area contributed by atoms with E-state index in [-0.39, 0.29) is 48.5 Å². The van der Waals surface area contributed by atoms with Crippen LogP contribution in [0.1, 0.15) is 95.8 Å². The number of ether oxygens (including phenoxy) is 2. The number of amides is 2. The maximum Gasteiger partial charge on any atom is 0.430 e. The summed E-state index contributed by atoms with van der Waals surface area (Å²) in [6.45, 7) is 11.2. The van der Waals surface area contributed by atoms with E-state index in [1.54, 1.807) is 45.2 Å².